The monoisotopic (exact) mass is 478 g/mol. The van der Waals surface area contributed by atoms with E-state index in [2.05, 4.69) is 22.0 Å². The van der Waals surface area contributed by atoms with Gasteiger partial charge < -0.3 is 9.47 Å². The van der Waals surface area contributed by atoms with Gasteiger partial charge in [-0.25, -0.2) is 0 Å². The lowest BCUT2D eigenvalue weighted by Crippen LogP contribution is -1.98. The molecule has 0 bridgehead atoms. The van der Waals surface area contributed by atoms with E-state index in [0.29, 0.717) is 39.3 Å². The minimum atomic E-state index is -0.488. The summed E-state index contributed by atoms with van der Waals surface area (Å²) in [5, 5.41) is 20.7. The van der Waals surface area contributed by atoms with Gasteiger partial charge in [0, 0.05) is 16.6 Å². The number of nitro benzene ring substituents is 1. The van der Waals surface area contributed by atoms with Crippen LogP contribution in [-0.4, -0.2) is 12.0 Å². The second-order valence-electron chi connectivity index (χ2n) is 6.78. The smallest absolute Gasteiger partial charge is 0.270 e. The number of ether oxygens (including phenoxy) is 2. The molecule has 0 spiro atoms. The molecule has 156 valence electrons. The number of halogens is 1. The molecule has 0 unspecified atom stereocenters. The molecule has 0 aliphatic carbocycles. The number of methoxy groups -OCH3 is 1. The molecule has 3 aromatic carbocycles. The Kier molecular flexibility index (Phi) is 7.06. The summed E-state index contributed by atoms with van der Waals surface area (Å²) in [4.78, 5) is 10.6. The van der Waals surface area contributed by atoms with E-state index in [1.807, 2.05) is 31.2 Å². The topological polar surface area (TPSA) is 85.4 Å². The van der Waals surface area contributed by atoms with Crippen molar-refractivity contribution in [2.45, 2.75) is 13.5 Å². The van der Waals surface area contributed by atoms with E-state index in [-0.39, 0.29) is 5.69 Å². The largest absolute Gasteiger partial charge is 0.493 e. The second kappa shape index (κ2) is 9.92. The molecule has 3 rings (SSSR count). The van der Waals surface area contributed by atoms with Crippen molar-refractivity contribution in [3.8, 4) is 17.6 Å². The molecule has 7 heteroatoms. The third kappa shape index (κ3) is 5.50. The molecule has 3 aromatic rings. The fraction of sp³-hybridized carbons (Fsp3) is 0.125. The van der Waals surface area contributed by atoms with Crippen LogP contribution in [0.5, 0.6) is 11.5 Å². The van der Waals surface area contributed by atoms with Crippen LogP contribution in [0.2, 0.25) is 0 Å². The van der Waals surface area contributed by atoms with Gasteiger partial charge in [-0.15, -0.1) is 0 Å². The first-order valence-electron chi connectivity index (χ1n) is 9.33. The first kappa shape index (κ1) is 22.1. The second-order valence-corrected chi connectivity index (χ2v) is 7.63. The number of allylic oxidation sites excluding steroid dienone is 1. The number of rotatable bonds is 7. The number of nitro groups is 1. The Balaban J connectivity index is 1.91. The van der Waals surface area contributed by atoms with E-state index >= 15 is 0 Å². The first-order valence-corrected chi connectivity index (χ1v) is 10.1. The first-order chi connectivity index (χ1) is 14.9. The van der Waals surface area contributed by atoms with Gasteiger partial charge in [0.05, 0.1) is 23.7 Å². The van der Waals surface area contributed by atoms with Crippen molar-refractivity contribution in [2.75, 3.05) is 7.11 Å². The average Bonchev–Trinajstić information content (AvgIpc) is 2.78. The molecule has 0 radical (unpaired) electrons. The van der Waals surface area contributed by atoms with Crippen LogP contribution < -0.4 is 9.47 Å². The summed E-state index contributed by atoms with van der Waals surface area (Å²) >= 11 is 3.52. The number of hydrogen-bond acceptors (Lipinski definition) is 5. The molecule has 31 heavy (non-hydrogen) atoms. The van der Waals surface area contributed by atoms with Crippen molar-refractivity contribution < 1.29 is 14.4 Å². The van der Waals surface area contributed by atoms with Gasteiger partial charge in [0.1, 0.15) is 6.61 Å². The summed E-state index contributed by atoms with van der Waals surface area (Å²) in [6.45, 7) is 2.41. The summed E-state index contributed by atoms with van der Waals surface area (Å²) in [6, 6.07) is 19.7. The average molecular weight is 479 g/mol. The molecular formula is C24H19BrN2O4. The summed E-state index contributed by atoms with van der Waals surface area (Å²) in [7, 11) is 1.54. The maximum atomic E-state index is 11.0. The van der Waals surface area contributed by atoms with Crippen LogP contribution >= 0.6 is 15.9 Å². The summed E-state index contributed by atoms with van der Waals surface area (Å²) < 4.78 is 12.1. The normalized spacial score (nSPS) is 11.0. The molecule has 0 atom stereocenters. The van der Waals surface area contributed by atoms with Crippen molar-refractivity contribution in [1.29, 1.82) is 5.26 Å². The molecule has 6 nitrogen and oxygen atoms in total. The van der Waals surface area contributed by atoms with Crippen molar-refractivity contribution >= 4 is 33.3 Å². The number of non-ortho nitro benzene ring substituents is 1. The van der Waals surface area contributed by atoms with Gasteiger partial charge in [-0.2, -0.15) is 5.26 Å². The number of aryl methyl sites for hydroxylation is 1. The van der Waals surface area contributed by atoms with E-state index in [4.69, 9.17) is 9.47 Å². The van der Waals surface area contributed by atoms with Crippen molar-refractivity contribution in [2.24, 2.45) is 0 Å². The van der Waals surface area contributed by atoms with Gasteiger partial charge in [-0.05, 0) is 41.8 Å². The highest BCUT2D eigenvalue weighted by molar-refractivity contribution is 9.10. The third-order valence-corrected chi connectivity index (χ3v) is 5.27. The zero-order valence-corrected chi connectivity index (χ0v) is 18.5. The maximum Gasteiger partial charge on any atom is 0.270 e. The molecule has 0 saturated heterocycles. The van der Waals surface area contributed by atoms with Crippen LogP contribution in [0.1, 0.15) is 22.3 Å². The highest BCUT2D eigenvalue weighted by Crippen LogP contribution is 2.36. The number of nitriles is 1. The Bertz CT molecular complexity index is 1180. The van der Waals surface area contributed by atoms with Crippen molar-refractivity contribution in [1.82, 2.24) is 0 Å². The highest BCUT2D eigenvalue weighted by Gasteiger charge is 2.13. The van der Waals surface area contributed by atoms with Crippen molar-refractivity contribution in [3.05, 3.63) is 97.5 Å². The predicted molar refractivity (Wildman–Crippen MR) is 123 cm³/mol. The number of hydrogen-bond donors (Lipinski definition) is 0. The van der Waals surface area contributed by atoms with E-state index < -0.39 is 4.92 Å². The Morgan fingerprint density at radius 3 is 2.55 bits per heavy atom. The zero-order valence-electron chi connectivity index (χ0n) is 17.0. The van der Waals surface area contributed by atoms with Crippen LogP contribution in [0.25, 0.3) is 11.6 Å². The molecule has 0 amide bonds. The fourth-order valence-electron chi connectivity index (χ4n) is 2.90. The molecule has 0 heterocycles. The number of nitrogens with zero attached hydrogens (tertiary/aromatic N) is 2. The van der Waals surface area contributed by atoms with Crippen molar-refractivity contribution in [3.63, 3.8) is 0 Å². The third-order valence-electron chi connectivity index (χ3n) is 4.59. The molecule has 0 aliphatic heterocycles. The van der Waals surface area contributed by atoms with Gasteiger partial charge in [0.2, 0.25) is 0 Å². The van der Waals surface area contributed by atoms with E-state index in [9.17, 15) is 15.4 Å². The van der Waals surface area contributed by atoms with Gasteiger partial charge in [0.15, 0.2) is 11.5 Å². The van der Waals surface area contributed by atoms with E-state index in [0.717, 1.165) is 5.56 Å². The summed E-state index contributed by atoms with van der Waals surface area (Å²) in [5.41, 5.74) is 3.57. The molecular weight excluding hydrogens is 460 g/mol. The molecule has 0 N–H and O–H groups in total. The van der Waals surface area contributed by atoms with Crippen LogP contribution in [0.4, 0.5) is 5.69 Å². The van der Waals surface area contributed by atoms with Crippen LogP contribution in [0.15, 0.2) is 65.1 Å². The fourth-order valence-corrected chi connectivity index (χ4v) is 3.34. The Labute approximate surface area is 188 Å². The Hall–Kier alpha value is -3.63. The maximum absolute atomic E-state index is 11.0. The van der Waals surface area contributed by atoms with Crippen LogP contribution in [0.3, 0.4) is 0 Å². The molecule has 0 aromatic heterocycles. The van der Waals surface area contributed by atoms with Crippen LogP contribution in [-0.2, 0) is 6.61 Å². The highest BCUT2D eigenvalue weighted by atomic mass is 79.9. The lowest BCUT2D eigenvalue weighted by atomic mass is 10.0. The lowest BCUT2D eigenvalue weighted by molar-refractivity contribution is -0.384. The minimum absolute atomic E-state index is 0.0739. The standard InChI is InChI=1S/C24H19BrN2O4/c1-16-6-8-17(9-7-16)15-31-24-13-22(25)19(12-23(24)30-2)10-20(14-26)18-4-3-5-21(11-18)27(28)29/h3-13H,15H2,1-2H3. The summed E-state index contributed by atoms with van der Waals surface area (Å²) in [5.74, 6) is 1.07. The predicted octanol–water partition coefficient (Wildman–Crippen LogP) is 6.32. The lowest BCUT2D eigenvalue weighted by Gasteiger charge is -2.13. The zero-order chi connectivity index (χ0) is 22.4. The Morgan fingerprint density at radius 2 is 1.90 bits per heavy atom. The molecule has 0 fully saturated rings. The van der Waals surface area contributed by atoms with Gasteiger partial charge >= 0.3 is 0 Å². The van der Waals surface area contributed by atoms with Crippen LogP contribution in [0, 0.1) is 28.4 Å². The number of benzene rings is 3. The van der Waals surface area contributed by atoms with Gasteiger partial charge in [0.25, 0.3) is 5.69 Å². The molecule has 0 aliphatic rings. The van der Waals surface area contributed by atoms with Gasteiger partial charge in [-0.1, -0.05) is 57.9 Å². The Morgan fingerprint density at radius 1 is 1.16 bits per heavy atom. The summed E-state index contributed by atoms with van der Waals surface area (Å²) in [6.07, 6.45) is 1.65. The minimum Gasteiger partial charge on any atom is -0.493 e. The quantitative estimate of drug-likeness (QED) is 0.171. The van der Waals surface area contributed by atoms with E-state index in [1.54, 1.807) is 37.5 Å². The molecule has 0 saturated carbocycles. The van der Waals surface area contributed by atoms with E-state index in [1.165, 1.54) is 17.7 Å². The SMILES string of the molecule is COc1cc(C=C(C#N)c2cccc([N+](=O)[O-])c2)c(Br)cc1OCc1ccc(C)cc1. The van der Waals surface area contributed by atoms with Gasteiger partial charge in [-0.3, -0.25) is 10.1 Å².